The van der Waals surface area contributed by atoms with Crippen LogP contribution in [0.5, 0.6) is 5.75 Å². The van der Waals surface area contributed by atoms with Gasteiger partial charge in [-0.05, 0) is 36.4 Å². The number of benzene rings is 1. The molecule has 4 N–H and O–H groups in total. The first-order chi connectivity index (χ1) is 11.8. The third-order valence-electron chi connectivity index (χ3n) is 4.25. The summed E-state index contributed by atoms with van der Waals surface area (Å²) in [6.45, 7) is 1.67. The number of phenols is 1. The molecule has 10 heteroatoms. The first-order valence-electron chi connectivity index (χ1n) is 7.45. The van der Waals surface area contributed by atoms with Crippen LogP contribution in [0.15, 0.2) is 36.1 Å². The molecule has 0 bridgehead atoms. The number of amides is 1. The Hall–Kier alpha value is -1.65. The van der Waals surface area contributed by atoms with Gasteiger partial charge in [0.05, 0.1) is 17.3 Å². The van der Waals surface area contributed by atoms with Gasteiger partial charge in [-0.2, -0.15) is 0 Å². The van der Waals surface area contributed by atoms with E-state index in [1.54, 1.807) is 19.1 Å². The van der Waals surface area contributed by atoms with Gasteiger partial charge in [0.25, 0.3) is 5.91 Å². The number of anilines is 1. The monoisotopic (exact) mass is 385 g/mol. The minimum absolute atomic E-state index is 0. The molecular formula is C16H16N3NaO5S. The molecule has 0 spiro atoms. The van der Waals surface area contributed by atoms with Crippen molar-refractivity contribution in [2.75, 3.05) is 5.32 Å². The molecule has 8 nitrogen and oxygen atoms in total. The van der Waals surface area contributed by atoms with Crippen molar-refractivity contribution in [3.63, 3.8) is 0 Å². The molecule has 0 saturated carbocycles. The average Bonchev–Trinajstić information content (AvgIpc) is 2.92. The first-order valence-corrected chi connectivity index (χ1v) is 8.62. The van der Waals surface area contributed by atoms with Crippen LogP contribution in [0.1, 0.15) is 22.3 Å². The number of allylic oxidation sites excluding steroid dienone is 1. The summed E-state index contributed by atoms with van der Waals surface area (Å²) in [6.07, 6.45) is 4.22. The Morgan fingerprint density at radius 1 is 1.50 bits per heavy atom. The van der Waals surface area contributed by atoms with Crippen LogP contribution in [0.3, 0.4) is 0 Å². The fourth-order valence-corrected chi connectivity index (χ4v) is 3.72. The molecule has 1 amide bonds. The molecule has 0 aliphatic carbocycles. The van der Waals surface area contributed by atoms with Crippen molar-refractivity contribution in [1.82, 2.24) is 4.90 Å². The molecule has 0 saturated heterocycles. The summed E-state index contributed by atoms with van der Waals surface area (Å²) in [4.78, 5) is 14.2. The van der Waals surface area contributed by atoms with Crippen LogP contribution in [0, 0.1) is 12.3 Å². The van der Waals surface area contributed by atoms with E-state index >= 15 is 0 Å². The van der Waals surface area contributed by atoms with Crippen molar-refractivity contribution in [1.29, 1.82) is 5.41 Å². The van der Waals surface area contributed by atoms with Crippen LogP contribution in [0.25, 0.3) is 0 Å². The number of carbonyl (C=O) groups is 1. The van der Waals surface area contributed by atoms with Crippen molar-refractivity contribution in [2.45, 2.75) is 24.8 Å². The SMILES string of the molecule is Cc1ccc2c(c1O)NC(S(=O)O)C1CC(/C=C/C(=N)[O-])=CN1C2=O.[Na+]. The zero-order valence-electron chi connectivity index (χ0n) is 14.2. The first kappa shape index (κ1) is 20.7. The Labute approximate surface area is 174 Å². The van der Waals surface area contributed by atoms with Gasteiger partial charge in [-0.1, -0.05) is 18.2 Å². The predicted octanol–water partition coefficient (Wildman–Crippen LogP) is -2.33. The number of hydrogen-bond acceptors (Lipinski definition) is 6. The minimum Gasteiger partial charge on any atom is -0.859 e. The quantitative estimate of drug-likeness (QED) is 0.151. The molecule has 0 radical (unpaired) electrons. The van der Waals surface area contributed by atoms with Crippen LogP contribution in [0.2, 0.25) is 0 Å². The fraction of sp³-hybridized carbons (Fsp3) is 0.250. The van der Waals surface area contributed by atoms with Crippen molar-refractivity contribution >= 4 is 28.6 Å². The number of rotatable bonds is 3. The number of nitrogens with zero attached hydrogens (tertiary/aromatic N) is 1. The summed E-state index contributed by atoms with van der Waals surface area (Å²) >= 11 is -2.32. The molecule has 3 rings (SSSR count). The molecular weight excluding hydrogens is 369 g/mol. The molecule has 2 aliphatic rings. The normalized spacial score (nSPS) is 22.6. The maximum Gasteiger partial charge on any atom is 1.00 e. The number of hydrogen-bond donors (Lipinski definition) is 4. The average molecular weight is 385 g/mol. The van der Waals surface area contributed by atoms with E-state index in [9.17, 15) is 23.8 Å². The van der Waals surface area contributed by atoms with E-state index < -0.39 is 34.3 Å². The largest absolute Gasteiger partial charge is 1.00 e. The second-order valence-corrected chi connectivity index (χ2v) is 6.94. The van der Waals surface area contributed by atoms with Crippen LogP contribution in [-0.4, -0.2) is 42.0 Å². The number of fused-ring (bicyclic) bond motifs is 2. The number of phenolic OH excluding ortho intramolecular Hbond substituents is 1. The third kappa shape index (κ3) is 3.72. The Kier molecular flexibility index (Phi) is 6.30. The summed E-state index contributed by atoms with van der Waals surface area (Å²) in [7, 11) is 0. The molecule has 2 aliphatic heterocycles. The Morgan fingerprint density at radius 2 is 2.19 bits per heavy atom. The van der Waals surface area contributed by atoms with E-state index in [2.05, 4.69) is 5.32 Å². The van der Waals surface area contributed by atoms with Gasteiger partial charge >= 0.3 is 29.6 Å². The Balaban J connectivity index is 0.00000243. The molecule has 2 heterocycles. The Bertz CT molecular complexity index is 855. The number of nitrogens with one attached hydrogen (secondary N) is 2. The van der Waals surface area contributed by atoms with Gasteiger partial charge < -0.3 is 30.4 Å². The van der Waals surface area contributed by atoms with Crippen molar-refractivity contribution in [2.24, 2.45) is 0 Å². The Morgan fingerprint density at radius 3 is 2.81 bits per heavy atom. The van der Waals surface area contributed by atoms with Gasteiger partial charge in [0, 0.05) is 6.20 Å². The van der Waals surface area contributed by atoms with Crippen molar-refractivity contribution < 1.29 is 53.3 Å². The van der Waals surface area contributed by atoms with Crippen LogP contribution in [0.4, 0.5) is 5.69 Å². The number of aryl methyl sites for hydroxylation is 1. The molecule has 26 heavy (non-hydrogen) atoms. The molecule has 3 atom stereocenters. The molecule has 1 aromatic rings. The van der Waals surface area contributed by atoms with Gasteiger partial charge in [0.1, 0.15) is 11.1 Å². The fourth-order valence-electron chi connectivity index (χ4n) is 3.00. The molecule has 0 aromatic heterocycles. The molecule has 1 aromatic carbocycles. The van der Waals surface area contributed by atoms with Gasteiger partial charge in [-0.25, -0.2) is 4.21 Å². The van der Waals surface area contributed by atoms with Crippen molar-refractivity contribution in [3.05, 3.63) is 47.2 Å². The summed E-state index contributed by atoms with van der Waals surface area (Å²) in [5.74, 6) is -1.43. The number of aromatic hydroxyl groups is 1. The third-order valence-corrected chi connectivity index (χ3v) is 5.12. The molecule has 0 fully saturated rings. The smallest absolute Gasteiger partial charge is 0.859 e. The zero-order chi connectivity index (χ0) is 18.3. The summed E-state index contributed by atoms with van der Waals surface area (Å²) in [5.41, 5.74) is 1.46. The summed E-state index contributed by atoms with van der Waals surface area (Å²) in [6, 6.07) is 2.48. The van der Waals surface area contributed by atoms with Crippen LogP contribution >= 0.6 is 0 Å². The van der Waals surface area contributed by atoms with Crippen molar-refractivity contribution in [3.8, 4) is 5.75 Å². The van der Waals surface area contributed by atoms with Gasteiger partial charge in [-0.3, -0.25) is 4.79 Å². The van der Waals surface area contributed by atoms with E-state index in [-0.39, 0.29) is 53.0 Å². The van der Waals surface area contributed by atoms with Gasteiger partial charge in [0.2, 0.25) is 0 Å². The second kappa shape index (κ2) is 7.93. The van der Waals surface area contributed by atoms with E-state index in [4.69, 9.17) is 5.41 Å². The molecule has 3 unspecified atom stereocenters. The molecule has 132 valence electrons. The van der Waals surface area contributed by atoms with Gasteiger partial charge in [0.15, 0.2) is 11.1 Å². The van der Waals surface area contributed by atoms with E-state index in [1.165, 1.54) is 17.2 Å². The standard InChI is InChI=1S/C16H17N3O5S.Na/c1-8-2-4-10-13(14(8)21)18-15(25(23)24)11-6-9(3-5-12(17)20)7-19(11)16(10)22;/h2-5,7,11,15,18,21H,6H2,1H3,(H2,17,20)(H,23,24);/q;+1/p-1/b5-3+;. The maximum atomic E-state index is 12.9. The van der Waals surface area contributed by atoms with Crippen LogP contribution in [-0.2, 0) is 11.1 Å². The second-order valence-electron chi connectivity index (χ2n) is 5.88. The predicted molar refractivity (Wildman–Crippen MR) is 90.5 cm³/mol. The summed E-state index contributed by atoms with van der Waals surface area (Å²) < 4.78 is 21.5. The van der Waals surface area contributed by atoms with Gasteiger partial charge in [-0.15, -0.1) is 0 Å². The zero-order valence-corrected chi connectivity index (χ0v) is 17.0. The van der Waals surface area contributed by atoms with E-state index in [1.807, 2.05) is 0 Å². The summed E-state index contributed by atoms with van der Waals surface area (Å²) in [5, 5.41) is 29.7. The van der Waals surface area contributed by atoms with Crippen LogP contribution < -0.4 is 40.0 Å². The van der Waals surface area contributed by atoms with E-state index in [0.717, 1.165) is 6.08 Å². The topological polar surface area (TPSA) is 137 Å². The number of carbonyl (C=O) groups excluding carboxylic acids is 1. The van der Waals surface area contributed by atoms with E-state index in [0.29, 0.717) is 11.1 Å². The maximum absolute atomic E-state index is 12.9. The minimum atomic E-state index is -2.32.